The van der Waals surface area contributed by atoms with Gasteiger partial charge in [-0.05, 0) is 44.1 Å². The number of ether oxygens (including phenoxy) is 1. The summed E-state index contributed by atoms with van der Waals surface area (Å²) in [6, 6.07) is 7.82. The number of rotatable bonds is 6. The first-order chi connectivity index (χ1) is 12.8. The monoisotopic (exact) mass is 374 g/mol. The summed E-state index contributed by atoms with van der Waals surface area (Å²) in [7, 11) is 0. The highest BCUT2D eigenvalue weighted by Crippen LogP contribution is 2.27. The average Bonchev–Trinajstić information content (AvgIpc) is 3.35. The van der Waals surface area contributed by atoms with Gasteiger partial charge in [0, 0.05) is 37.1 Å². The van der Waals surface area contributed by atoms with Gasteiger partial charge in [0.05, 0.1) is 24.6 Å². The van der Waals surface area contributed by atoms with E-state index in [1.54, 1.807) is 22.1 Å². The molecular formula is C19H26N4O2S. The molecule has 0 amide bonds. The van der Waals surface area contributed by atoms with E-state index in [0.29, 0.717) is 6.54 Å². The Kier molecular flexibility index (Phi) is 5.79. The predicted molar refractivity (Wildman–Crippen MR) is 104 cm³/mol. The Hall–Kier alpha value is -1.54. The molecule has 4 heterocycles. The molecule has 0 saturated carbocycles. The van der Waals surface area contributed by atoms with E-state index in [-0.39, 0.29) is 5.56 Å². The van der Waals surface area contributed by atoms with Crippen LogP contribution in [0.4, 0.5) is 0 Å². The topological polar surface area (TPSA) is 50.6 Å². The predicted octanol–water partition coefficient (Wildman–Crippen LogP) is 1.90. The normalized spacial score (nSPS) is 19.2. The summed E-state index contributed by atoms with van der Waals surface area (Å²) < 4.78 is 6.98. The number of thiophene rings is 1. The van der Waals surface area contributed by atoms with Gasteiger partial charge < -0.3 is 4.74 Å². The minimum absolute atomic E-state index is 0.0316. The van der Waals surface area contributed by atoms with Gasteiger partial charge in [0.1, 0.15) is 5.69 Å². The standard InChI is InChI=1S/C19H26N4O2S/c24-19-6-4-17(20-23(19)10-9-21-11-13-25-14-12-21)18-5-3-16(26-18)15-22-7-1-2-8-22/h3-6H,1-2,7-15H2. The molecule has 2 fully saturated rings. The fourth-order valence-electron chi connectivity index (χ4n) is 3.56. The van der Waals surface area contributed by atoms with Crippen LogP contribution in [0.25, 0.3) is 10.6 Å². The fraction of sp³-hybridized carbons (Fsp3) is 0.579. The summed E-state index contributed by atoms with van der Waals surface area (Å²) in [6.45, 7) is 8.31. The van der Waals surface area contributed by atoms with Gasteiger partial charge in [-0.3, -0.25) is 14.6 Å². The lowest BCUT2D eigenvalue weighted by Gasteiger charge is -2.26. The van der Waals surface area contributed by atoms with Gasteiger partial charge in [0.15, 0.2) is 0 Å². The van der Waals surface area contributed by atoms with E-state index in [2.05, 4.69) is 27.0 Å². The highest BCUT2D eigenvalue weighted by atomic mass is 32.1. The quantitative estimate of drug-likeness (QED) is 0.773. The van der Waals surface area contributed by atoms with Gasteiger partial charge >= 0.3 is 0 Å². The van der Waals surface area contributed by atoms with E-state index in [1.165, 1.54) is 30.8 Å². The van der Waals surface area contributed by atoms with Crippen LogP contribution in [0.5, 0.6) is 0 Å². The summed E-state index contributed by atoms with van der Waals surface area (Å²) in [4.78, 5) is 19.5. The molecule has 0 aromatic carbocycles. The largest absolute Gasteiger partial charge is 0.379 e. The molecule has 0 aliphatic carbocycles. The van der Waals surface area contributed by atoms with Crippen molar-refractivity contribution in [1.82, 2.24) is 19.6 Å². The summed E-state index contributed by atoms with van der Waals surface area (Å²) in [5.74, 6) is 0. The molecular weight excluding hydrogens is 348 g/mol. The van der Waals surface area contributed by atoms with Crippen LogP contribution in [0.15, 0.2) is 29.1 Å². The molecule has 0 N–H and O–H groups in total. The van der Waals surface area contributed by atoms with Crippen LogP contribution in [0.1, 0.15) is 17.7 Å². The molecule has 7 heteroatoms. The smallest absolute Gasteiger partial charge is 0.266 e. The van der Waals surface area contributed by atoms with Gasteiger partial charge in [-0.2, -0.15) is 5.10 Å². The molecule has 0 bridgehead atoms. The van der Waals surface area contributed by atoms with Crippen LogP contribution in [0.2, 0.25) is 0 Å². The molecule has 140 valence electrons. The van der Waals surface area contributed by atoms with Crippen LogP contribution in [0.3, 0.4) is 0 Å². The summed E-state index contributed by atoms with van der Waals surface area (Å²) in [6.07, 6.45) is 2.63. The van der Waals surface area contributed by atoms with Crippen LogP contribution in [-0.2, 0) is 17.8 Å². The Morgan fingerprint density at radius 2 is 1.77 bits per heavy atom. The lowest BCUT2D eigenvalue weighted by atomic mass is 10.3. The van der Waals surface area contributed by atoms with Crippen molar-refractivity contribution in [3.05, 3.63) is 39.5 Å². The van der Waals surface area contributed by atoms with Crippen molar-refractivity contribution >= 4 is 11.3 Å². The molecule has 0 atom stereocenters. The van der Waals surface area contributed by atoms with E-state index in [9.17, 15) is 4.79 Å². The van der Waals surface area contributed by atoms with Crippen LogP contribution >= 0.6 is 11.3 Å². The Morgan fingerprint density at radius 3 is 2.58 bits per heavy atom. The summed E-state index contributed by atoms with van der Waals surface area (Å²) >= 11 is 1.79. The van der Waals surface area contributed by atoms with Crippen molar-refractivity contribution in [3.63, 3.8) is 0 Å². The minimum atomic E-state index is -0.0316. The van der Waals surface area contributed by atoms with Crippen molar-refractivity contribution < 1.29 is 4.74 Å². The lowest BCUT2D eigenvalue weighted by Crippen LogP contribution is -2.39. The van der Waals surface area contributed by atoms with Crippen molar-refractivity contribution in [2.45, 2.75) is 25.9 Å². The van der Waals surface area contributed by atoms with E-state index in [0.717, 1.165) is 50.0 Å². The Bertz CT molecular complexity index is 776. The second-order valence-corrected chi connectivity index (χ2v) is 8.15. The van der Waals surface area contributed by atoms with Gasteiger partial charge in [-0.25, -0.2) is 4.68 Å². The lowest BCUT2D eigenvalue weighted by molar-refractivity contribution is 0.0358. The van der Waals surface area contributed by atoms with Crippen LogP contribution in [-0.4, -0.2) is 65.5 Å². The second-order valence-electron chi connectivity index (χ2n) is 6.98. The second kappa shape index (κ2) is 8.43. The van der Waals surface area contributed by atoms with Crippen LogP contribution < -0.4 is 5.56 Å². The molecule has 0 radical (unpaired) electrons. The van der Waals surface area contributed by atoms with Gasteiger partial charge in [-0.1, -0.05) is 0 Å². The third kappa shape index (κ3) is 4.40. The number of hydrogen-bond donors (Lipinski definition) is 0. The zero-order chi connectivity index (χ0) is 17.8. The Morgan fingerprint density at radius 1 is 0.962 bits per heavy atom. The highest BCUT2D eigenvalue weighted by Gasteiger charge is 2.14. The number of nitrogens with zero attached hydrogens (tertiary/aromatic N) is 4. The maximum atomic E-state index is 12.2. The SMILES string of the molecule is O=c1ccc(-c2ccc(CN3CCCC3)s2)nn1CCN1CCOCC1. The molecule has 26 heavy (non-hydrogen) atoms. The van der Waals surface area contributed by atoms with Gasteiger partial charge in [0.2, 0.25) is 0 Å². The molecule has 2 aromatic rings. The van der Waals surface area contributed by atoms with Gasteiger partial charge in [0.25, 0.3) is 5.56 Å². The highest BCUT2D eigenvalue weighted by molar-refractivity contribution is 7.15. The summed E-state index contributed by atoms with van der Waals surface area (Å²) in [5, 5.41) is 4.62. The first kappa shape index (κ1) is 17.9. The average molecular weight is 375 g/mol. The number of likely N-dealkylation sites (tertiary alicyclic amines) is 1. The van der Waals surface area contributed by atoms with E-state index < -0.39 is 0 Å². The molecule has 2 saturated heterocycles. The molecule has 0 unspecified atom stereocenters. The molecule has 6 nitrogen and oxygen atoms in total. The Labute approximate surface area is 158 Å². The fourth-order valence-corrected chi connectivity index (χ4v) is 4.58. The van der Waals surface area contributed by atoms with Crippen molar-refractivity contribution in [3.8, 4) is 10.6 Å². The van der Waals surface area contributed by atoms with E-state index >= 15 is 0 Å². The maximum Gasteiger partial charge on any atom is 0.266 e. The van der Waals surface area contributed by atoms with E-state index in [4.69, 9.17) is 4.74 Å². The molecule has 4 rings (SSSR count). The first-order valence-electron chi connectivity index (χ1n) is 9.48. The van der Waals surface area contributed by atoms with Crippen molar-refractivity contribution in [2.75, 3.05) is 45.9 Å². The van der Waals surface area contributed by atoms with Crippen LogP contribution in [0, 0.1) is 0 Å². The zero-order valence-electron chi connectivity index (χ0n) is 15.1. The number of aromatic nitrogens is 2. The third-order valence-corrected chi connectivity index (χ3v) is 6.18. The van der Waals surface area contributed by atoms with Crippen molar-refractivity contribution in [2.24, 2.45) is 0 Å². The van der Waals surface area contributed by atoms with E-state index in [1.807, 2.05) is 6.07 Å². The zero-order valence-corrected chi connectivity index (χ0v) is 15.9. The third-order valence-electron chi connectivity index (χ3n) is 5.09. The molecule has 0 spiro atoms. The number of hydrogen-bond acceptors (Lipinski definition) is 6. The molecule has 2 aliphatic heterocycles. The van der Waals surface area contributed by atoms with Crippen molar-refractivity contribution in [1.29, 1.82) is 0 Å². The molecule has 2 aromatic heterocycles. The Balaban J connectivity index is 1.43. The maximum absolute atomic E-state index is 12.2. The summed E-state index contributed by atoms with van der Waals surface area (Å²) in [5.41, 5.74) is 0.861. The minimum Gasteiger partial charge on any atom is -0.379 e. The number of morpholine rings is 1. The molecule has 2 aliphatic rings. The van der Waals surface area contributed by atoms with Gasteiger partial charge in [-0.15, -0.1) is 11.3 Å². The first-order valence-corrected chi connectivity index (χ1v) is 10.3.